The third-order valence-corrected chi connectivity index (χ3v) is 7.87. The summed E-state index contributed by atoms with van der Waals surface area (Å²) in [5, 5.41) is 17.4. The van der Waals surface area contributed by atoms with Crippen molar-refractivity contribution < 1.29 is 19.3 Å². The molecule has 10 nitrogen and oxygen atoms in total. The van der Waals surface area contributed by atoms with Crippen LogP contribution in [0.5, 0.6) is 0 Å². The van der Waals surface area contributed by atoms with E-state index in [9.17, 15) is 24.5 Å². The van der Waals surface area contributed by atoms with Gasteiger partial charge in [-0.15, -0.1) is 0 Å². The summed E-state index contributed by atoms with van der Waals surface area (Å²) < 4.78 is 0. The zero-order chi connectivity index (χ0) is 26.6. The zero-order valence-corrected chi connectivity index (χ0v) is 21.4. The monoisotopic (exact) mass is 519 g/mol. The maximum Gasteiger partial charge on any atom is 0.269 e. The van der Waals surface area contributed by atoms with E-state index in [1.165, 1.54) is 24.3 Å². The SMILES string of the molecule is O=C1CC(C2CCCCC2)N(C(=O)c2ccc([N+](=O)[O-])cc2)c2ccc(C(=O)N3CCCNCC3)cc2N1. The molecule has 2 heterocycles. The standard InChI is InChI=1S/C28H33N5O5/c34-26-18-25(19-5-2-1-3-6-19)32(28(36)20-7-10-22(11-8-20)33(37)38)24-12-9-21(17-23(24)30-26)27(35)31-15-4-13-29-14-16-31/h7-12,17,19,25,29H,1-6,13-16,18H2,(H,30,34). The smallest absolute Gasteiger partial charge is 0.269 e. The van der Waals surface area contributed by atoms with E-state index in [-0.39, 0.29) is 41.8 Å². The zero-order valence-electron chi connectivity index (χ0n) is 21.4. The minimum absolute atomic E-state index is 0.0923. The molecule has 10 heteroatoms. The number of benzene rings is 2. The van der Waals surface area contributed by atoms with Crippen LogP contribution >= 0.6 is 0 Å². The molecule has 1 aliphatic carbocycles. The highest BCUT2D eigenvalue weighted by Crippen LogP contribution is 2.40. The number of amides is 3. The summed E-state index contributed by atoms with van der Waals surface area (Å²) in [6, 6.07) is 10.4. The first kappa shape index (κ1) is 25.8. The average Bonchev–Trinajstić information content (AvgIpc) is 3.30. The van der Waals surface area contributed by atoms with Crippen molar-refractivity contribution in [2.75, 3.05) is 36.4 Å². The Hall–Kier alpha value is -3.79. The van der Waals surface area contributed by atoms with Crippen LogP contribution in [0.25, 0.3) is 0 Å². The summed E-state index contributed by atoms with van der Waals surface area (Å²) >= 11 is 0. The summed E-state index contributed by atoms with van der Waals surface area (Å²) in [6.45, 7) is 2.86. The van der Waals surface area contributed by atoms with Crippen molar-refractivity contribution in [1.29, 1.82) is 0 Å². The van der Waals surface area contributed by atoms with E-state index in [1.54, 1.807) is 23.1 Å². The number of non-ortho nitro benzene ring substituents is 1. The Morgan fingerprint density at radius 1 is 0.895 bits per heavy atom. The molecule has 2 aromatic rings. The van der Waals surface area contributed by atoms with Crippen LogP contribution in [0.15, 0.2) is 42.5 Å². The molecule has 2 N–H and O–H groups in total. The highest BCUT2D eigenvalue weighted by atomic mass is 16.6. The van der Waals surface area contributed by atoms with Crippen molar-refractivity contribution in [2.45, 2.75) is 51.0 Å². The molecule has 2 fully saturated rings. The molecule has 0 spiro atoms. The van der Waals surface area contributed by atoms with Crippen LogP contribution in [-0.2, 0) is 4.79 Å². The van der Waals surface area contributed by atoms with Crippen LogP contribution in [0.3, 0.4) is 0 Å². The normalized spacial score (nSPS) is 20.6. The summed E-state index contributed by atoms with van der Waals surface area (Å²) in [4.78, 5) is 54.5. The van der Waals surface area contributed by atoms with Gasteiger partial charge in [0.05, 0.1) is 16.3 Å². The second-order valence-corrected chi connectivity index (χ2v) is 10.3. The predicted octanol–water partition coefficient (Wildman–Crippen LogP) is 3.97. The number of hydrogen-bond acceptors (Lipinski definition) is 6. The number of nitro benzene ring substituents is 1. The van der Waals surface area contributed by atoms with Crippen molar-refractivity contribution >= 4 is 34.8 Å². The molecule has 1 saturated carbocycles. The van der Waals surface area contributed by atoms with Gasteiger partial charge in [-0.1, -0.05) is 19.3 Å². The van der Waals surface area contributed by atoms with Gasteiger partial charge in [0.1, 0.15) is 0 Å². The molecule has 3 amide bonds. The van der Waals surface area contributed by atoms with Gasteiger partial charge in [0, 0.05) is 55.4 Å². The molecule has 2 aromatic carbocycles. The number of nitro groups is 1. The summed E-state index contributed by atoms with van der Waals surface area (Å²) in [6.07, 6.45) is 6.11. The third-order valence-electron chi connectivity index (χ3n) is 7.87. The van der Waals surface area contributed by atoms with Gasteiger partial charge in [-0.2, -0.15) is 0 Å². The number of nitrogens with one attached hydrogen (secondary N) is 2. The lowest BCUT2D eigenvalue weighted by Crippen LogP contribution is -2.46. The second kappa shape index (κ2) is 11.3. The van der Waals surface area contributed by atoms with Crippen molar-refractivity contribution in [1.82, 2.24) is 10.2 Å². The van der Waals surface area contributed by atoms with E-state index in [1.807, 2.05) is 4.90 Å². The molecular formula is C28H33N5O5. The van der Waals surface area contributed by atoms with Gasteiger partial charge < -0.3 is 20.4 Å². The first-order valence-electron chi connectivity index (χ1n) is 13.4. The minimum atomic E-state index is -0.498. The highest BCUT2D eigenvalue weighted by Gasteiger charge is 2.38. The Bertz CT molecular complexity index is 1220. The van der Waals surface area contributed by atoms with Crippen LogP contribution in [0.2, 0.25) is 0 Å². The van der Waals surface area contributed by atoms with Crippen LogP contribution in [0.1, 0.15) is 65.7 Å². The number of carbonyl (C=O) groups is 3. The second-order valence-electron chi connectivity index (χ2n) is 10.3. The highest BCUT2D eigenvalue weighted by molar-refractivity contribution is 6.12. The number of anilines is 2. The van der Waals surface area contributed by atoms with E-state index < -0.39 is 4.92 Å². The fourth-order valence-corrected chi connectivity index (χ4v) is 5.89. The fraction of sp³-hybridized carbons (Fsp3) is 0.464. The Labute approximate surface area is 221 Å². The van der Waals surface area contributed by atoms with Gasteiger partial charge >= 0.3 is 0 Å². The number of nitrogens with zero attached hydrogens (tertiary/aromatic N) is 3. The van der Waals surface area contributed by atoms with Gasteiger partial charge in [0.25, 0.3) is 17.5 Å². The Balaban J connectivity index is 1.53. The maximum absolute atomic E-state index is 14.0. The van der Waals surface area contributed by atoms with Gasteiger partial charge in [0.15, 0.2) is 0 Å². The van der Waals surface area contributed by atoms with Crippen molar-refractivity contribution in [3.8, 4) is 0 Å². The Morgan fingerprint density at radius 3 is 2.37 bits per heavy atom. The lowest BCUT2D eigenvalue weighted by Gasteiger charge is -2.37. The summed E-state index contributed by atoms with van der Waals surface area (Å²) in [7, 11) is 0. The predicted molar refractivity (Wildman–Crippen MR) is 143 cm³/mol. The van der Waals surface area contributed by atoms with E-state index in [2.05, 4.69) is 10.6 Å². The van der Waals surface area contributed by atoms with Crippen LogP contribution in [0, 0.1) is 16.0 Å². The largest absolute Gasteiger partial charge is 0.337 e. The molecule has 0 bridgehead atoms. The fourth-order valence-electron chi connectivity index (χ4n) is 5.89. The molecule has 1 atom stereocenters. The van der Waals surface area contributed by atoms with E-state index in [0.29, 0.717) is 35.6 Å². The van der Waals surface area contributed by atoms with Crippen molar-refractivity contribution in [3.63, 3.8) is 0 Å². The molecule has 0 radical (unpaired) electrons. The molecule has 3 aliphatic rings. The molecule has 0 aromatic heterocycles. The van der Waals surface area contributed by atoms with Crippen LogP contribution in [0.4, 0.5) is 17.1 Å². The molecule has 2 aliphatic heterocycles. The lowest BCUT2D eigenvalue weighted by atomic mass is 9.81. The lowest BCUT2D eigenvalue weighted by molar-refractivity contribution is -0.384. The number of rotatable bonds is 4. The van der Waals surface area contributed by atoms with Crippen molar-refractivity contribution in [3.05, 3.63) is 63.7 Å². The van der Waals surface area contributed by atoms with Crippen LogP contribution < -0.4 is 15.5 Å². The molecule has 1 unspecified atom stereocenters. The Kier molecular flexibility index (Phi) is 7.69. The number of fused-ring (bicyclic) bond motifs is 1. The number of hydrogen-bond donors (Lipinski definition) is 2. The third kappa shape index (κ3) is 5.40. The number of carbonyl (C=O) groups excluding carboxylic acids is 3. The first-order chi connectivity index (χ1) is 18.4. The maximum atomic E-state index is 14.0. The van der Waals surface area contributed by atoms with Gasteiger partial charge in [-0.3, -0.25) is 24.5 Å². The molecule has 200 valence electrons. The van der Waals surface area contributed by atoms with Gasteiger partial charge in [0.2, 0.25) is 5.91 Å². The van der Waals surface area contributed by atoms with Gasteiger partial charge in [-0.05, 0) is 62.1 Å². The van der Waals surface area contributed by atoms with Crippen molar-refractivity contribution in [2.24, 2.45) is 5.92 Å². The minimum Gasteiger partial charge on any atom is -0.337 e. The first-order valence-corrected chi connectivity index (χ1v) is 13.4. The van der Waals surface area contributed by atoms with Crippen LogP contribution in [-0.4, -0.2) is 59.8 Å². The Morgan fingerprint density at radius 2 is 1.63 bits per heavy atom. The topological polar surface area (TPSA) is 125 Å². The van der Waals surface area contributed by atoms with E-state index in [4.69, 9.17) is 0 Å². The molecule has 1 saturated heterocycles. The average molecular weight is 520 g/mol. The summed E-state index contributed by atoms with van der Waals surface area (Å²) in [5.41, 5.74) is 1.66. The van der Waals surface area contributed by atoms with E-state index >= 15 is 0 Å². The summed E-state index contributed by atoms with van der Waals surface area (Å²) in [5.74, 6) is -0.448. The quantitative estimate of drug-likeness (QED) is 0.465. The van der Waals surface area contributed by atoms with E-state index in [0.717, 1.165) is 51.6 Å². The van der Waals surface area contributed by atoms with Gasteiger partial charge in [-0.25, -0.2) is 0 Å². The molecule has 38 heavy (non-hydrogen) atoms. The molecule has 5 rings (SSSR count). The molecular weight excluding hydrogens is 486 g/mol.